The van der Waals surface area contributed by atoms with Crippen LogP contribution >= 0.6 is 0 Å². The van der Waals surface area contributed by atoms with Gasteiger partial charge in [-0.2, -0.15) is 0 Å². The van der Waals surface area contributed by atoms with Crippen molar-refractivity contribution < 1.29 is 13.2 Å². The van der Waals surface area contributed by atoms with Gasteiger partial charge in [0.05, 0.1) is 17.7 Å². The summed E-state index contributed by atoms with van der Waals surface area (Å²) in [6.45, 7) is 2.14. The Morgan fingerprint density at radius 2 is 1.54 bits per heavy atom. The first-order valence-electron chi connectivity index (χ1n) is 8.00. The first kappa shape index (κ1) is 16.6. The van der Waals surface area contributed by atoms with Crippen molar-refractivity contribution in [2.75, 3.05) is 36.5 Å². The van der Waals surface area contributed by atoms with Crippen LogP contribution in [0, 0.1) is 0 Å². The summed E-state index contributed by atoms with van der Waals surface area (Å²) in [5, 5.41) is 0. The molecule has 5 nitrogen and oxygen atoms in total. The Kier molecular flexibility index (Phi) is 4.66. The van der Waals surface area contributed by atoms with Gasteiger partial charge in [0.2, 0.25) is 0 Å². The molecule has 0 atom stereocenters. The van der Waals surface area contributed by atoms with Crippen molar-refractivity contribution in [3.63, 3.8) is 0 Å². The quantitative estimate of drug-likeness (QED) is 0.835. The molecule has 6 heteroatoms. The second-order valence-corrected chi connectivity index (χ2v) is 7.83. The van der Waals surface area contributed by atoms with Gasteiger partial charge in [-0.25, -0.2) is 8.42 Å². The van der Waals surface area contributed by atoms with Crippen LogP contribution in [0.15, 0.2) is 53.4 Å². The number of sulfonamides is 1. The van der Waals surface area contributed by atoms with E-state index in [1.807, 2.05) is 24.3 Å². The fraction of sp³-hybridized carbons (Fsp3) is 0.333. The molecule has 0 unspecified atom stereocenters. The number of methoxy groups -OCH3 is 1. The van der Waals surface area contributed by atoms with Crippen LogP contribution in [-0.2, 0) is 10.0 Å². The topological polar surface area (TPSA) is 49.9 Å². The maximum Gasteiger partial charge on any atom is 0.264 e. The van der Waals surface area contributed by atoms with Crippen molar-refractivity contribution in [1.29, 1.82) is 0 Å². The van der Waals surface area contributed by atoms with Gasteiger partial charge in [-0.1, -0.05) is 0 Å². The maximum atomic E-state index is 12.7. The van der Waals surface area contributed by atoms with E-state index in [1.165, 1.54) is 17.1 Å². The molecule has 2 aromatic carbocycles. The zero-order chi connectivity index (χ0) is 17.2. The fourth-order valence-electron chi connectivity index (χ4n) is 2.89. The van der Waals surface area contributed by atoms with Gasteiger partial charge in [0, 0.05) is 25.8 Å². The van der Waals surface area contributed by atoms with Gasteiger partial charge in [0.25, 0.3) is 10.0 Å². The molecule has 24 heavy (non-hydrogen) atoms. The molecule has 1 aliphatic rings. The lowest BCUT2D eigenvalue weighted by molar-refractivity contribution is 0.414. The Balaban J connectivity index is 1.82. The molecule has 0 N–H and O–H groups in total. The van der Waals surface area contributed by atoms with Gasteiger partial charge in [-0.15, -0.1) is 0 Å². The summed E-state index contributed by atoms with van der Waals surface area (Å²) in [7, 11) is -0.458. The molecule has 2 aromatic rings. The lowest BCUT2D eigenvalue weighted by Crippen LogP contribution is -2.26. The molecule has 1 heterocycles. The molecule has 0 spiro atoms. The van der Waals surface area contributed by atoms with Crippen molar-refractivity contribution in [1.82, 2.24) is 0 Å². The van der Waals surface area contributed by atoms with Gasteiger partial charge in [0.15, 0.2) is 0 Å². The molecule has 0 bridgehead atoms. The van der Waals surface area contributed by atoms with Crippen LogP contribution in [0.3, 0.4) is 0 Å². The first-order valence-corrected chi connectivity index (χ1v) is 9.44. The van der Waals surface area contributed by atoms with Gasteiger partial charge in [-0.05, 0) is 61.4 Å². The molecule has 0 aromatic heterocycles. The van der Waals surface area contributed by atoms with Crippen molar-refractivity contribution in [2.24, 2.45) is 0 Å². The van der Waals surface area contributed by atoms with Crippen LogP contribution in [0.1, 0.15) is 12.8 Å². The molecule has 0 aliphatic carbocycles. The van der Waals surface area contributed by atoms with E-state index in [2.05, 4.69) is 4.90 Å². The number of benzene rings is 2. The van der Waals surface area contributed by atoms with E-state index in [0.29, 0.717) is 11.4 Å². The summed E-state index contributed by atoms with van der Waals surface area (Å²) in [4.78, 5) is 2.57. The van der Waals surface area contributed by atoms with Crippen molar-refractivity contribution in [3.8, 4) is 5.75 Å². The minimum atomic E-state index is -3.58. The minimum Gasteiger partial charge on any atom is -0.497 e. The molecule has 128 valence electrons. The zero-order valence-corrected chi connectivity index (χ0v) is 14.8. The van der Waals surface area contributed by atoms with Crippen LogP contribution in [0.2, 0.25) is 0 Å². The molecule has 0 radical (unpaired) electrons. The van der Waals surface area contributed by atoms with E-state index in [0.717, 1.165) is 18.8 Å². The van der Waals surface area contributed by atoms with Crippen molar-refractivity contribution >= 4 is 21.4 Å². The third kappa shape index (κ3) is 3.19. The average Bonchev–Trinajstić information content (AvgIpc) is 3.16. The third-order valence-electron chi connectivity index (χ3n) is 4.40. The van der Waals surface area contributed by atoms with Gasteiger partial charge < -0.3 is 9.64 Å². The largest absolute Gasteiger partial charge is 0.497 e. The molecule has 0 saturated carbocycles. The van der Waals surface area contributed by atoms with Crippen LogP contribution < -0.4 is 13.9 Å². The Morgan fingerprint density at radius 1 is 0.958 bits per heavy atom. The number of anilines is 2. The normalized spacial score (nSPS) is 14.7. The summed E-state index contributed by atoms with van der Waals surface area (Å²) in [6, 6.07) is 14.1. The van der Waals surface area contributed by atoms with E-state index in [-0.39, 0.29) is 4.90 Å². The summed E-state index contributed by atoms with van der Waals surface area (Å²) >= 11 is 0. The van der Waals surface area contributed by atoms with E-state index in [4.69, 9.17) is 4.74 Å². The summed E-state index contributed by atoms with van der Waals surface area (Å²) < 4.78 is 31.9. The third-order valence-corrected chi connectivity index (χ3v) is 6.20. The number of rotatable bonds is 5. The van der Waals surface area contributed by atoms with Crippen molar-refractivity contribution in [3.05, 3.63) is 48.5 Å². The standard InChI is InChI=1S/C18H22N2O3S/c1-19(24(21,22)18-11-9-17(23-2)10-12-18)15-5-7-16(8-6-15)20-13-3-4-14-20/h5-12H,3-4,13-14H2,1-2H3. The van der Waals surface area contributed by atoms with Crippen molar-refractivity contribution in [2.45, 2.75) is 17.7 Å². The maximum absolute atomic E-state index is 12.7. The molecule has 1 fully saturated rings. The first-order chi connectivity index (χ1) is 11.5. The molecule has 3 rings (SSSR count). The van der Waals surface area contributed by atoms with Crippen LogP contribution in [0.4, 0.5) is 11.4 Å². The number of ether oxygens (including phenoxy) is 1. The minimum absolute atomic E-state index is 0.245. The lowest BCUT2D eigenvalue weighted by Gasteiger charge is -2.22. The predicted octanol–water partition coefficient (Wildman–Crippen LogP) is 3.12. The number of hydrogen-bond donors (Lipinski definition) is 0. The van der Waals surface area contributed by atoms with Crippen LogP contribution in [0.5, 0.6) is 5.75 Å². The Bertz CT molecular complexity index is 780. The highest BCUT2D eigenvalue weighted by atomic mass is 32.2. The summed E-state index contributed by atoms with van der Waals surface area (Å²) in [6.07, 6.45) is 2.43. The highest BCUT2D eigenvalue weighted by molar-refractivity contribution is 7.92. The predicted molar refractivity (Wildman–Crippen MR) is 96.5 cm³/mol. The Morgan fingerprint density at radius 3 is 2.08 bits per heavy atom. The van der Waals surface area contributed by atoms with Crippen LogP contribution in [-0.4, -0.2) is 35.7 Å². The highest BCUT2D eigenvalue weighted by Gasteiger charge is 2.21. The number of nitrogens with zero attached hydrogens (tertiary/aromatic N) is 2. The summed E-state index contributed by atoms with van der Waals surface area (Å²) in [5.41, 5.74) is 1.79. The second kappa shape index (κ2) is 6.73. The monoisotopic (exact) mass is 346 g/mol. The SMILES string of the molecule is COc1ccc(S(=O)(=O)N(C)c2ccc(N3CCCC3)cc2)cc1. The second-order valence-electron chi connectivity index (χ2n) is 5.86. The fourth-order valence-corrected chi connectivity index (χ4v) is 4.09. The van der Waals surface area contributed by atoms with E-state index in [1.54, 1.807) is 38.4 Å². The lowest BCUT2D eigenvalue weighted by atomic mass is 10.2. The van der Waals surface area contributed by atoms with Gasteiger partial charge >= 0.3 is 0 Å². The molecule has 1 aliphatic heterocycles. The molecular formula is C18H22N2O3S. The Labute approximate surface area is 143 Å². The highest BCUT2D eigenvalue weighted by Crippen LogP contribution is 2.27. The molecule has 0 amide bonds. The van der Waals surface area contributed by atoms with Gasteiger partial charge in [-0.3, -0.25) is 4.31 Å². The smallest absolute Gasteiger partial charge is 0.264 e. The average molecular weight is 346 g/mol. The molecule has 1 saturated heterocycles. The Hall–Kier alpha value is -2.21. The van der Waals surface area contributed by atoms with Gasteiger partial charge in [0.1, 0.15) is 5.75 Å². The van der Waals surface area contributed by atoms with E-state index >= 15 is 0 Å². The van der Waals surface area contributed by atoms with E-state index in [9.17, 15) is 8.42 Å². The molecular weight excluding hydrogens is 324 g/mol. The summed E-state index contributed by atoms with van der Waals surface area (Å²) in [5.74, 6) is 0.631. The number of hydrogen-bond acceptors (Lipinski definition) is 4. The zero-order valence-electron chi connectivity index (χ0n) is 14.0. The van der Waals surface area contributed by atoms with Crippen LogP contribution in [0.25, 0.3) is 0 Å². The van der Waals surface area contributed by atoms with E-state index < -0.39 is 10.0 Å².